The Labute approximate surface area is 324 Å². The topological polar surface area (TPSA) is 111 Å². The number of ether oxygens (including phenoxy) is 4. The summed E-state index contributed by atoms with van der Waals surface area (Å²) in [5.74, 6) is -2.31. The molecule has 53 heavy (non-hydrogen) atoms. The van der Waals surface area contributed by atoms with Crippen molar-refractivity contribution in [1.82, 2.24) is 0 Å². The molecule has 2 atom stereocenters. The van der Waals surface area contributed by atoms with Crippen LogP contribution in [0.4, 0.5) is 0 Å². The van der Waals surface area contributed by atoms with E-state index in [1.165, 1.54) is 57.8 Å². The first-order valence-electron chi connectivity index (χ1n) is 21.1. The molecule has 0 saturated heterocycles. The van der Waals surface area contributed by atoms with Crippen LogP contribution in [0.5, 0.6) is 0 Å². The van der Waals surface area contributed by atoms with E-state index in [2.05, 4.69) is 50.3 Å². The van der Waals surface area contributed by atoms with Gasteiger partial charge in [-0.2, -0.15) is 0 Å². The van der Waals surface area contributed by atoms with E-state index < -0.39 is 24.3 Å². The number of carboxylic acid groups (broad SMARTS) is 1. The molecule has 0 N–H and O–H groups in total. The summed E-state index contributed by atoms with van der Waals surface area (Å²) in [6.45, 7) is 4.64. The molecule has 2 unspecified atom stereocenters. The molecule has 0 aromatic heterocycles. The van der Waals surface area contributed by atoms with Crippen LogP contribution < -0.4 is 5.11 Å². The summed E-state index contributed by atoms with van der Waals surface area (Å²) in [7, 11) is 5.89. The van der Waals surface area contributed by atoms with Crippen LogP contribution in [-0.4, -0.2) is 82.3 Å². The quantitative estimate of drug-likeness (QED) is 0.0202. The molecule has 0 aliphatic rings. The Morgan fingerprint density at radius 2 is 1.04 bits per heavy atom. The largest absolute Gasteiger partial charge is 0.545 e. The van der Waals surface area contributed by atoms with Crippen molar-refractivity contribution in [3.8, 4) is 0 Å². The summed E-state index contributed by atoms with van der Waals surface area (Å²) in [5, 5.41) is 11.7. The van der Waals surface area contributed by atoms with E-state index in [1.807, 2.05) is 21.1 Å². The molecule has 308 valence electrons. The van der Waals surface area contributed by atoms with Crippen molar-refractivity contribution in [2.75, 3.05) is 47.5 Å². The van der Waals surface area contributed by atoms with Crippen LogP contribution in [0.2, 0.25) is 0 Å². The second-order valence-corrected chi connectivity index (χ2v) is 15.3. The molecule has 0 aliphatic heterocycles. The summed E-state index contributed by atoms with van der Waals surface area (Å²) >= 11 is 0. The van der Waals surface area contributed by atoms with Gasteiger partial charge in [0.05, 0.1) is 40.3 Å². The highest BCUT2D eigenvalue weighted by Gasteiger charge is 2.21. The SMILES string of the molecule is CCCC/C=C\CCCCCCCC(=O)OCC(COC(OCC[N+](C)(C)C)C(=O)[O-])OC(=O)CCCCCCCCC/C=C\C/C=C\CCCCC. The monoisotopic (exact) mass is 750 g/mol. The number of unbranched alkanes of at least 4 members (excludes halogenated alkanes) is 17. The van der Waals surface area contributed by atoms with Gasteiger partial charge in [-0.1, -0.05) is 127 Å². The number of hydrogen-bond acceptors (Lipinski definition) is 8. The lowest BCUT2D eigenvalue weighted by Crippen LogP contribution is -2.44. The number of allylic oxidation sites excluding steroid dienone is 6. The first-order valence-corrected chi connectivity index (χ1v) is 21.1. The number of nitrogens with zero attached hydrogens (tertiary/aromatic N) is 1. The van der Waals surface area contributed by atoms with Gasteiger partial charge in [-0.05, 0) is 64.2 Å². The normalized spacial score (nSPS) is 13.3. The predicted octanol–water partition coefficient (Wildman–Crippen LogP) is 9.33. The van der Waals surface area contributed by atoms with Gasteiger partial charge in [-0.25, -0.2) is 0 Å². The fraction of sp³-hybridized carbons (Fsp3) is 0.795. The summed E-state index contributed by atoms with van der Waals surface area (Å²) < 4.78 is 22.5. The lowest BCUT2D eigenvalue weighted by molar-refractivity contribution is -0.870. The van der Waals surface area contributed by atoms with Crippen LogP contribution in [0.1, 0.15) is 168 Å². The fourth-order valence-electron chi connectivity index (χ4n) is 5.49. The molecule has 0 spiro atoms. The maximum atomic E-state index is 12.7. The van der Waals surface area contributed by atoms with Crippen molar-refractivity contribution in [3.63, 3.8) is 0 Å². The van der Waals surface area contributed by atoms with Crippen LogP contribution in [0, 0.1) is 0 Å². The lowest BCUT2D eigenvalue weighted by atomic mass is 10.1. The van der Waals surface area contributed by atoms with E-state index in [9.17, 15) is 19.5 Å². The zero-order chi connectivity index (χ0) is 39.3. The van der Waals surface area contributed by atoms with Crippen LogP contribution in [0.15, 0.2) is 36.5 Å². The number of likely N-dealkylation sites (N-methyl/N-ethyl adjacent to an activating group) is 1. The maximum absolute atomic E-state index is 12.7. The number of carboxylic acids is 1. The first kappa shape index (κ1) is 50.5. The predicted molar refractivity (Wildman–Crippen MR) is 214 cm³/mol. The number of rotatable bonds is 38. The molecule has 0 aromatic carbocycles. The van der Waals surface area contributed by atoms with Crippen molar-refractivity contribution in [2.45, 2.75) is 180 Å². The highest BCUT2D eigenvalue weighted by atomic mass is 16.7. The Morgan fingerprint density at radius 3 is 1.57 bits per heavy atom. The van der Waals surface area contributed by atoms with Gasteiger partial charge in [0.25, 0.3) is 0 Å². The highest BCUT2D eigenvalue weighted by Crippen LogP contribution is 2.13. The molecule has 0 amide bonds. The van der Waals surface area contributed by atoms with Gasteiger partial charge in [0, 0.05) is 12.8 Å². The molecule has 0 heterocycles. The summed E-state index contributed by atoms with van der Waals surface area (Å²) in [6.07, 6.45) is 36.0. The van der Waals surface area contributed by atoms with Crippen molar-refractivity contribution >= 4 is 17.9 Å². The van der Waals surface area contributed by atoms with Crippen molar-refractivity contribution in [2.24, 2.45) is 0 Å². The van der Waals surface area contributed by atoms with Crippen LogP contribution in [-0.2, 0) is 33.3 Å². The molecule has 0 fully saturated rings. The van der Waals surface area contributed by atoms with E-state index in [0.29, 0.717) is 17.4 Å². The average Bonchev–Trinajstić information content (AvgIpc) is 3.11. The van der Waals surface area contributed by atoms with E-state index >= 15 is 0 Å². The van der Waals surface area contributed by atoms with Gasteiger partial charge >= 0.3 is 11.9 Å². The molecule has 0 bridgehead atoms. The fourth-order valence-corrected chi connectivity index (χ4v) is 5.49. The number of hydrogen-bond donors (Lipinski definition) is 0. The van der Waals surface area contributed by atoms with E-state index in [4.69, 9.17) is 18.9 Å². The molecule has 0 aromatic rings. The second-order valence-electron chi connectivity index (χ2n) is 15.3. The Bertz CT molecular complexity index is 971. The molecule has 0 rings (SSSR count). The van der Waals surface area contributed by atoms with E-state index in [1.54, 1.807) is 0 Å². The molecule has 0 radical (unpaired) electrons. The third-order valence-corrected chi connectivity index (χ3v) is 8.86. The lowest BCUT2D eigenvalue weighted by Gasteiger charge is -2.26. The van der Waals surface area contributed by atoms with Gasteiger partial charge in [0.15, 0.2) is 12.4 Å². The van der Waals surface area contributed by atoms with Crippen LogP contribution >= 0.6 is 0 Å². The second kappa shape index (κ2) is 36.5. The first-order chi connectivity index (χ1) is 25.6. The zero-order valence-corrected chi connectivity index (χ0v) is 34.6. The molecular formula is C44H79NO8. The minimum atomic E-state index is -1.62. The molecule has 0 aliphatic carbocycles. The summed E-state index contributed by atoms with van der Waals surface area (Å²) in [6, 6.07) is 0. The highest BCUT2D eigenvalue weighted by molar-refractivity contribution is 5.70. The molecular weight excluding hydrogens is 670 g/mol. The average molecular weight is 750 g/mol. The minimum absolute atomic E-state index is 0.144. The summed E-state index contributed by atoms with van der Waals surface area (Å²) in [5.41, 5.74) is 0. The molecule has 0 saturated carbocycles. The van der Waals surface area contributed by atoms with Gasteiger partial charge < -0.3 is 33.3 Å². The smallest absolute Gasteiger partial charge is 0.306 e. The van der Waals surface area contributed by atoms with Crippen molar-refractivity contribution in [3.05, 3.63) is 36.5 Å². The standard InChI is InChI=1S/C44H79NO8/c1-6-8-10-12-14-16-18-19-20-21-22-23-25-27-29-31-33-35-42(47)53-40(39-52-44(43(48)49)50-37-36-45(3,4)5)38-51-41(46)34-32-30-28-26-24-17-15-13-11-9-7-2/h13-16,19-20,40,44H,6-12,17-18,21-39H2,1-5H3/b15-13-,16-14-,20-19-. The Balaban J connectivity index is 4.49. The third-order valence-electron chi connectivity index (χ3n) is 8.86. The van der Waals surface area contributed by atoms with Crippen LogP contribution in [0.25, 0.3) is 0 Å². The number of carbonyl (C=O) groups excluding carboxylic acids is 3. The number of esters is 2. The van der Waals surface area contributed by atoms with Crippen molar-refractivity contribution in [1.29, 1.82) is 0 Å². The number of quaternary nitrogens is 1. The number of carbonyl (C=O) groups is 3. The minimum Gasteiger partial charge on any atom is -0.545 e. The Morgan fingerprint density at radius 1 is 0.566 bits per heavy atom. The van der Waals surface area contributed by atoms with Gasteiger partial charge in [-0.3, -0.25) is 9.59 Å². The van der Waals surface area contributed by atoms with Gasteiger partial charge in [0.2, 0.25) is 0 Å². The van der Waals surface area contributed by atoms with Gasteiger partial charge in [-0.15, -0.1) is 0 Å². The third kappa shape index (κ3) is 37.6. The van der Waals surface area contributed by atoms with E-state index in [-0.39, 0.29) is 38.6 Å². The molecule has 9 heteroatoms. The van der Waals surface area contributed by atoms with Crippen molar-refractivity contribution < 1.29 is 42.9 Å². The molecule has 9 nitrogen and oxygen atoms in total. The summed E-state index contributed by atoms with van der Waals surface area (Å²) in [4.78, 5) is 36.8. The Hall–Kier alpha value is -2.49. The van der Waals surface area contributed by atoms with Gasteiger partial charge in [0.1, 0.15) is 13.2 Å². The van der Waals surface area contributed by atoms with Crippen LogP contribution in [0.3, 0.4) is 0 Å². The van der Waals surface area contributed by atoms with E-state index in [0.717, 1.165) is 77.0 Å². The zero-order valence-electron chi connectivity index (χ0n) is 34.6. The Kier molecular flexibility index (Phi) is 34.8. The maximum Gasteiger partial charge on any atom is 0.306 e. The number of aliphatic carboxylic acids is 1.